The van der Waals surface area contributed by atoms with Gasteiger partial charge in [0, 0.05) is 18.0 Å². The average molecular weight is 224 g/mol. The predicted octanol–water partition coefficient (Wildman–Crippen LogP) is 2.24. The number of rotatable bonds is 2. The van der Waals surface area contributed by atoms with Crippen LogP contribution in [-0.4, -0.2) is 15.7 Å². The molecule has 3 rings (SSSR count). The van der Waals surface area contributed by atoms with Gasteiger partial charge >= 0.3 is 0 Å². The van der Waals surface area contributed by atoms with Gasteiger partial charge in [-0.3, -0.25) is 0 Å². The molecule has 0 saturated heterocycles. The Morgan fingerprint density at radius 1 is 1.00 bits per heavy atom. The van der Waals surface area contributed by atoms with Crippen LogP contribution in [-0.2, 0) is 6.42 Å². The first-order valence-electron chi connectivity index (χ1n) is 5.61. The highest BCUT2D eigenvalue weighted by molar-refractivity contribution is 6.04. The number of anilines is 1. The van der Waals surface area contributed by atoms with Crippen molar-refractivity contribution >= 4 is 11.7 Å². The summed E-state index contributed by atoms with van der Waals surface area (Å²) in [4.78, 5) is 8.13. The molecular weight excluding hydrogens is 212 g/mol. The summed E-state index contributed by atoms with van der Waals surface area (Å²) in [6.45, 7) is 0. The second-order valence-corrected chi connectivity index (χ2v) is 3.90. The zero-order valence-electron chi connectivity index (χ0n) is 9.30. The SMILES string of the molecule is c1cnc(N/N=C2/CCc3ccccc32)nc1. The Morgan fingerprint density at radius 3 is 2.71 bits per heavy atom. The first-order chi connectivity index (χ1) is 8.43. The first-order valence-corrected chi connectivity index (χ1v) is 5.61. The molecule has 0 saturated carbocycles. The molecule has 0 fully saturated rings. The molecule has 1 aliphatic rings. The van der Waals surface area contributed by atoms with E-state index in [1.165, 1.54) is 11.1 Å². The Labute approximate surface area is 99.4 Å². The van der Waals surface area contributed by atoms with Gasteiger partial charge in [0.15, 0.2) is 0 Å². The summed E-state index contributed by atoms with van der Waals surface area (Å²) in [6.07, 6.45) is 5.42. The van der Waals surface area contributed by atoms with Gasteiger partial charge in [-0.15, -0.1) is 0 Å². The van der Waals surface area contributed by atoms with E-state index < -0.39 is 0 Å². The molecule has 1 N–H and O–H groups in total. The standard InChI is InChI=1S/C13H12N4/c1-2-5-11-10(4-1)6-7-12(11)16-17-13-14-8-3-9-15-13/h1-5,8-9H,6-7H2,(H,14,15,17)/b16-12-. The van der Waals surface area contributed by atoms with E-state index in [2.05, 4.69) is 38.7 Å². The van der Waals surface area contributed by atoms with Crippen LogP contribution < -0.4 is 5.43 Å². The van der Waals surface area contributed by atoms with Gasteiger partial charge < -0.3 is 0 Å². The summed E-state index contributed by atoms with van der Waals surface area (Å²) >= 11 is 0. The van der Waals surface area contributed by atoms with Gasteiger partial charge in [-0.05, 0) is 24.5 Å². The van der Waals surface area contributed by atoms with E-state index >= 15 is 0 Å². The van der Waals surface area contributed by atoms with Gasteiger partial charge in [-0.25, -0.2) is 15.4 Å². The van der Waals surface area contributed by atoms with Gasteiger partial charge in [0.05, 0.1) is 5.71 Å². The summed E-state index contributed by atoms with van der Waals surface area (Å²) < 4.78 is 0. The number of fused-ring (bicyclic) bond motifs is 1. The van der Waals surface area contributed by atoms with E-state index in [9.17, 15) is 0 Å². The fourth-order valence-electron chi connectivity index (χ4n) is 2.00. The Bertz CT molecular complexity index is 548. The number of hydrogen-bond donors (Lipinski definition) is 1. The number of nitrogens with zero attached hydrogens (tertiary/aromatic N) is 3. The van der Waals surface area contributed by atoms with Crippen LogP contribution in [0.3, 0.4) is 0 Å². The molecule has 84 valence electrons. The average Bonchev–Trinajstić information content (AvgIpc) is 2.81. The summed E-state index contributed by atoms with van der Waals surface area (Å²) in [5, 5.41) is 4.38. The zero-order chi connectivity index (χ0) is 11.5. The molecule has 4 nitrogen and oxygen atoms in total. The molecular formula is C13H12N4. The minimum absolute atomic E-state index is 0.532. The van der Waals surface area contributed by atoms with Crippen LogP contribution in [0.5, 0.6) is 0 Å². The lowest BCUT2D eigenvalue weighted by Crippen LogP contribution is -2.01. The van der Waals surface area contributed by atoms with Gasteiger partial charge in [0.2, 0.25) is 5.95 Å². The Balaban J connectivity index is 1.83. The normalized spacial score (nSPS) is 15.9. The van der Waals surface area contributed by atoms with Gasteiger partial charge in [0.1, 0.15) is 0 Å². The fraction of sp³-hybridized carbons (Fsp3) is 0.154. The van der Waals surface area contributed by atoms with E-state index in [0.717, 1.165) is 18.6 Å². The van der Waals surface area contributed by atoms with E-state index in [0.29, 0.717) is 5.95 Å². The molecule has 1 aromatic carbocycles. The maximum Gasteiger partial charge on any atom is 0.243 e. The van der Waals surface area contributed by atoms with Crippen LogP contribution >= 0.6 is 0 Å². The molecule has 1 aromatic heterocycles. The third-order valence-corrected chi connectivity index (χ3v) is 2.82. The van der Waals surface area contributed by atoms with Crippen LogP contribution in [0.4, 0.5) is 5.95 Å². The van der Waals surface area contributed by atoms with Crippen LogP contribution in [0, 0.1) is 0 Å². The third-order valence-electron chi connectivity index (χ3n) is 2.82. The monoisotopic (exact) mass is 224 g/mol. The number of nitrogens with one attached hydrogen (secondary N) is 1. The molecule has 1 heterocycles. The maximum absolute atomic E-state index is 4.38. The van der Waals surface area contributed by atoms with E-state index in [1.54, 1.807) is 18.5 Å². The Morgan fingerprint density at radius 2 is 1.82 bits per heavy atom. The molecule has 0 radical (unpaired) electrons. The largest absolute Gasteiger partial charge is 0.245 e. The second-order valence-electron chi connectivity index (χ2n) is 3.90. The lowest BCUT2D eigenvalue weighted by molar-refractivity contribution is 1.07. The highest BCUT2D eigenvalue weighted by Gasteiger charge is 2.16. The number of hydrogen-bond acceptors (Lipinski definition) is 4. The van der Waals surface area contributed by atoms with Crippen molar-refractivity contribution in [1.29, 1.82) is 0 Å². The quantitative estimate of drug-likeness (QED) is 0.796. The van der Waals surface area contributed by atoms with Crippen molar-refractivity contribution in [2.75, 3.05) is 5.43 Å². The molecule has 0 spiro atoms. The van der Waals surface area contributed by atoms with Crippen molar-refractivity contribution < 1.29 is 0 Å². The number of aryl methyl sites for hydroxylation is 1. The number of aromatic nitrogens is 2. The van der Waals surface area contributed by atoms with Crippen molar-refractivity contribution in [3.63, 3.8) is 0 Å². The van der Waals surface area contributed by atoms with Crippen molar-refractivity contribution in [2.45, 2.75) is 12.8 Å². The third kappa shape index (κ3) is 2.01. The minimum atomic E-state index is 0.532. The first kappa shape index (κ1) is 9.96. The topological polar surface area (TPSA) is 50.2 Å². The van der Waals surface area contributed by atoms with Gasteiger partial charge in [-0.1, -0.05) is 24.3 Å². The summed E-state index contributed by atoms with van der Waals surface area (Å²) in [7, 11) is 0. The highest BCUT2D eigenvalue weighted by Crippen LogP contribution is 2.21. The molecule has 1 aliphatic carbocycles. The molecule has 0 amide bonds. The number of hydrazone groups is 1. The zero-order valence-corrected chi connectivity index (χ0v) is 9.30. The molecule has 2 aromatic rings. The summed E-state index contributed by atoms with van der Waals surface area (Å²) in [6, 6.07) is 10.1. The lowest BCUT2D eigenvalue weighted by atomic mass is 10.1. The molecule has 0 unspecified atom stereocenters. The Hall–Kier alpha value is -2.23. The van der Waals surface area contributed by atoms with Crippen molar-refractivity contribution in [3.05, 3.63) is 53.9 Å². The van der Waals surface area contributed by atoms with Crippen molar-refractivity contribution in [3.8, 4) is 0 Å². The smallest absolute Gasteiger partial charge is 0.243 e. The van der Waals surface area contributed by atoms with Crippen LogP contribution in [0.2, 0.25) is 0 Å². The summed E-state index contributed by atoms with van der Waals surface area (Å²) in [5.41, 5.74) is 6.57. The molecule has 0 bridgehead atoms. The fourth-order valence-corrected chi connectivity index (χ4v) is 2.00. The Kier molecular flexibility index (Phi) is 2.54. The molecule has 4 heteroatoms. The predicted molar refractivity (Wildman–Crippen MR) is 67.0 cm³/mol. The minimum Gasteiger partial charge on any atom is -0.245 e. The molecule has 0 atom stereocenters. The van der Waals surface area contributed by atoms with E-state index in [4.69, 9.17) is 0 Å². The highest BCUT2D eigenvalue weighted by atomic mass is 15.3. The second kappa shape index (κ2) is 4.33. The molecule has 17 heavy (non-hydrogen) atoms. The van der Waals surface area contributed by atoms with Crippen LogP contribution in [0.15, 0.2) is 47.8 Å². The lowest BCUT2D eigenvalue weighted by Gasteiger charge is -2.01. The van der Waals surface area contributed by atoms with E-state index in [1.807, 2.05) is 6.07 Å². The van der Waals surface area contributed by atoms with Crippen molar-refractivity contribution in [1.82, 2.24) is 9.97 Å². The summed E-state index contributed by atoms with van der Waals surface area (Å²) in [5.74, 6) is 0.532. The van der Waals surface area contributed by atoms with Gasteiger partial charge in [-0.2, -0.15) is 5.10 Å². The van der Waals surface area contributed by atoms with E-state index in [-0.39, 0.29) is 0 Å². The van der Waals surface area contributed by atoms with Crippen LogP contribution in [0.25, 0.3) is 0 Å². The number of benzene rings is 1. The van der Waals surface area contributed by atoms with Gasteiger partial charge in [0.25, 0.3) is 0 Å². The van der Waals surface area contributed by atoms with Crippen LogP contribution in [0.1, 0.15) is 17.5 Å². The van der Waals surface area contributed by atoms with Crippen molar-refractivity contribution in [2.24, 2.45) is 5.10 Å². The maximum atomic E-state index is 4.38. The molecule has 0 aliphatic heterocycles.